The molecule has 46 heavy (non-hydrogen) atoms. The monoisotopic (exact) mass is 719 g/mol. The summed E-state index contributed by atoms with van der Waals surface area (Å²) in [4.78, 5) is 51.3. The third-order valence-corrected chi connectivity index (χ3v) is 9.47. The molecule has 6 heterocycles. The van der Waals surface area contributed by atoms with Gasteiger partial charge in [-0.05, 0) is 24.6 Å². The predicted molar refractivity (Wildman–Crippen MR) is 162 cm³/mol. The number of thiol groups is 1. The molecule has 0 aliphatic carbocycles. The molecule has 25 heteroatoms. The summed E-state index contributed by atoms with van der Waals surface area (Å²) in [6.45, 7) is -9.96. The molecule has 0 spiro atoms. The maximum Gasteiger partial charge on any atom is 0.383 e. The fourth-order valence-electron chi connectivity index (χ4n) is 4.97. The minimum Gasteiger partial charge on any atom is -0.382 e. The number of aromatic amines is 1. The summed E-state index contributed by atoms with van der Waals surface area (Å²) >= 11 is 8.61. The molecule has 20 nitrogen and oxygen atoms in total. The first kappa shape index (κ1) is 32.8. The van der Waals surface area contributed by atoms with Crippen LogP contribution in [0.3, 0.4) is 0 Å². The number of halogens is 1. The molecular formula is C21H24FN11O9P2S2. The van der Waals surface area contributed by atoms with E-state index in [1.807, 2.05) is 0 Å². The number of alkyl halides is 1. The Morgan fingerprint density at radius 1 is 1.28 bits per heavy atom. The molecule has 7 N–H and O–H groups in total. The van der Waals surface area contributed by atoms with Gasteiger partial charge in [-0.25, -0.2) is 23.9 Å². The zero-order valence-corrected chi connectivity index (χ0v) is 26.6. The predicted octanol–water partition coefficient (Wildman–Crippen LogP) is 0.101. The number of aromatic nitrogens is 9. The number of imidazole rings is 1. The van der Waals surface area contributed by atoms with E-state index in [1.165, 1.54) is 12.7 Å². The van der Waals surface area contributed by atoms with Crippen LogP contribution in [0.2, 0.25) is 0 Å². The van der Waals surface area contributed by atoms with E-state index in [4.69, 9.17) is 52.7 Å². The summed E-state index contributed by atoms with van der Waals surface area (Å²) in [6.07, 6.45) is 1.43. The number of nitrogen functional groups attached to an aromatic ring is 2. The molecule has 0 amide bonds. The fraction of sp³-hybridized carbons (Fsp3) is 0.476. The van der Waals surface area contributed by atoms with Gasteiger partial charge in [0, 0.05) is 0 Å². The van der Waals surface area contributed by atoms with Crippen molar-refractivity contribution in [2.24, 2.45) is 0 Å². The van der Waals surface area contributed by atoms with E-state index in [-0.39, 0.29) is 29.4 Å². The third kappa shape index (κ3) is 6.39. The minimum atomic E-state index is -4.36. The number of nitrogens with one attached hydrogen (secondary N) is 1. The first-order chi connectivity index (χ1) is 21.7. The molecule has 246 valence electrons. The number of anilines is 2. The van der Waals surface area contributed by atoms with E-state index in [9.17, 15) is 19.1 Å². The van der Waals surface area contributed by atoms with Crippen LogP contribution in [0.1, 0.15) is 25.3 Å². The number of hydrogen-bond acceptors (Lipinski definition) is 16. The SMILES string of the molecule is C#C[C@@]1(COP(O)(=S)O[C@H]2C(n3nnc4c(=O)[nH]c(N)nc43)O[C@H](COP(=O)(O)S)[C@@H]2F)CC[C@H](n2cnc3c(N)ncnc32)O1. The number of terminal acetylenes is 1. The van der Waals surface area contributed by atoms with Crippen LogP contribution in [0.15, 0.2) is 17.4 Å². The van der Waals surface area contributed by atoms with Crippen molar-refractivity contribution in [3.05, 3.63) is 23.0 Å². The van der Waals surface area contributed by atoms with E-state index in [0.717, 1.165) is 4.68 Å². The smallest absolute Gasteiger partial charge is 0.382 e. The standard InChI is InChI=1S/C21H24FN11O9P2S2/c1-2-21(4-3-10(41-21)32-8-27-12-15(23)25-7-26-16(12)32)6-39-44(37,46)42-14-11(22)9(5-38-43(35,36)45)40-19(14)33-17-13(30-31-33)18(34)29-20(24)28-17/h1,7-11,14,19H,3-6H2,(H,37,46)(H2,23,25,26)(H2,35,36,45)(H3,24,28,29,34)/t9-,10-,11+,14-,19?,21+,44?/m1/s1. The Bertz CT molecular complexity index is 2000. The van der Waals surface area contributed by atoms with Crippen molar-refractivity contribution in [2.75, 3.05) is 24.7 Å². The summed E-state index contributed by atoms with van der Waals surface area (Å²) in [7, 11) is 0. The van der Waals surface area contributed by atoms with Crippen molar-refractivity contribution in [1.82, 2.24) is 44.5 Å². The number of nitrogens with zero attached hydrogens (tertiary/aromatic N) is 8. The second-order valence-corrected chi connectivity index (χ2v) is 15.6. The first-order valence-electron chi connectivity index (χ1n) is 13.0. The lowest BCUT2D eigenvalue weighted by Gasteiger charge is -2.28. The highest BCUT2D eigenvalue weighted by atomic mass is 32.7. The summed E-state index contributed by atoms with van der Waals surface area (Å²) in [5.41, 5.74) is 9.67. The van der Waals surface area contributed by atoms with Crippen molar-refractivity contribution in [3.63, 3.8) is 0 Å². The number of nitrogens with two attached hydrogens (primary N) is 2. The second kappa shape index (κ2) is 12.1. The molecule has 2 fully saturated rings. The quantitative estimate of drug-likeness (QED) is 0.0720. The Labute approximate surface area is 266 Å². The molecule has 2 aliphatic rings. The lowest BCUT2D eigenvalue weighted by atomic mass is 10.0. The Kier molecular flexibility index (Phi) is 8.66. The van der Waals surface area contributed by atoms with Crippen molar-refractivity contribution in [1.29, 1.82) is 0 Å². The highest BCUT2D eigenvalue weighted by Crippen LogP contribution is 2.53. The van der Waals surface area contributed by atoms with Crippen LogP contribution in [0.25, 0.3) is 22.3 Å². The van der Waals surface area contributed by atoms with Crippen LogP contribution in [0.5, 0.6) is 0 Å². The summed E-state index contributed by atoms with van der Waals surface area (Å²) in [5.74, 6) is 2.39. The molecule has 4 aromatic rings. The lowest BCUT2D eigenvalue weighted by Crippen LogP contribution is -2.34. The average molecular weight is 720 g/mol. The molecule has 3 unspecified atom stereocenters. The number of ether oxygens (including phenoxy) is 2. The Morgan fingerprint density at radius 3 is 2.80 bits per heavy atom. The van der Waals surface area contributed by atoms with E-state index < -0.39 is 68.7 Å². The Hall–Kier alpha value is -3.13. The molecule has 0 saturated carbocycles. The van der Waals surface area contributed by atoms with E-state index in [1.54, 1.807) is 4.57 Å². The van der Waals surface area contributed by atoms with Gasteiger partial charge in [0.05, 0.1) is 19.5 Å². The zero-order chi connectivity index (χ0) is 33.0. The molecule has 2 aliphatic heterocycles. The second-order valence-electron chi connectivity index (χ2n) is 10.1. The highest BCUT2D eigenvalue weighted by Gasteiger charge is 2.51. The molecule has 0 bridgehead atoms. The van der Waals surface area contributed by atoms with Gasteiger partial charge in [-0.1, -0.05) is 23.4 Å². The van der Waals surface area contributed by atoms with Crippen LogP contribution in [-0.4, -0.2) is 91.5 Å². The van der Waals surface area contributed by atoms with Gasteiger partial charge >= 0.3 is 13.5 Å². The van der Waals surface area contributed by atoms with Gasteiger partial charge in [0.2, 0.25) is 5.95 Å². The lowest BCUT2D eigenvalue weighted by molar-refractivity contribution is -0.0665. The first-order valence-corrected chi connectivity index (χ1v) is 18.4. The number of rotatable bonds is 10. The largest absolute Gasteiger partial charge is 0.383 e. The van der Waals surface area contributed by atoms with Crippen molar-refractivity contribution in [3.8, 4) is 12.3 Å². The highest BCUT2D eigenvalue weighted by molar-refractivity contribution is 8.44. The van der Waals surface area contributed by atoms with Gasteiger partial charge in [0.15, 0.2) is 40.6 Å². The Balaban J connectivity index is 1.22. The molecule has 0 aromatic carbocycles. The zero-order valence-electron chi connectivity index (χ0n) is 23.1. The topological polar surface area (TPSA) is 276 Å². The number of hydrogen-bond donors (Lipinski definition) is 6. The fourth-order valence-corrected chi connectivity index (χ4v) is 6.93. The van der Waals surface area contributed by atoms with Gasteiger partial charge in [0.25, 0.3) is 5.56 Å². The van der Waals surface area contributed by atoms with E-state index in [2.05, 4.69) is 53.4 Å². The van der Waals surface area contributed by atoms with Gasteiger partial charge in [0.1, 0.15) is 30.3 Å². The number of H-pyrrole nitrogens is 1. The third-order valence-electron chi connectivity index (χ3n) is 7.10. The van der Waals surface area contributed by atoms with Gasteiger partial charge in [-0.15, -0.1) is 11.5 Å². The maximum absolute atomic E-state index is 15.8. The normalized spacial score (nSPS) is 29.2. The average Bonchev–Trinajstić information content (AvgIpc) is 3.76. The van der Waals surface area contributed by atoms with Crippen molar-refractivity contribution in [2.45, 2.75) is 49.3 Å². The molecule has 4 aromatic heterocycles. The van der Waals surface area contributed by atoms with Crippen LogP contribution in [-0.2, 0) is 39.4 Å². The molecule has 6 rings (SSSR count). The molecular weight excluding hydrogens is 695 g/mol. The summed E-state index contributed by atoms with van der Waals surface area (Å²) < 4.78 is 57.6. The summed E-state index contributed by atoms with van der Waals surface area (Å²) in [6, 6.07) is 0. The Morgan fingerprint density at radius 2 is 2.07 bits per heavy atom. The molecule has 0 radical (unpaired) electrons. The maximum atomic E-state index is 15.8. The van der Waals surface area contributed by atoms with Crippen LogP contribution in [0, 0.1) is 12.3 Å². The molecule has 2 saturated heterocycles. The minimum absolute atomic E-state index is 0.182. The van der Waals surface area contributed by atoms with E-state index >= 15 is 4.39 Å². The van der Waals surface area contributed by atoms with Gasteiger partial charge in [-0.2, -0.15) is 9.67 Å². The van der Waals surface area contributed by atoms with Gasteiger partial charge in [-0.3, -0.25) is 23.4 Å². The van der Waals surface area contributed by atoms with Crippen molar-refractivity contribution < 1.29 is 41.8 Å². The van der Waals surface area contributed by atoms with Crippen LogP contribution >= 0.6 is 25.8 Å². The summed E-state index contributed by atoms with van der Waals surface area (Å²) in [5, 5.41) is 7.54. The van der Waals surface area contributed by atoms with Crippen molar-refractivity contribution >= 4 is 71.7 Å². The van der Waals surface area contributed by atoms with Gasteiger partial charge < -0.3 is 35.3 Å². The van der Waals surface area contributed by atoms with Crippen LogP contribution in [0.4, 0.5) is 16.2 Å². The number of fused-ring (bicyclic) bond motifs is 2. The van der Waals surface area contributed by atoms with Crippen LogP contribution < -0.4 is 17.0 Å². The molecule has 8 atom stereocenters. The van der Waals surface area contributed by atoms with E-state index in [0.29, 0.717) is 17.6 Å².